The number of guanidine groups is 1. The lowest BCUT2D eigenvalue weighted by molar-refractivity contribution is 0.0529. The molecule has 0 saturated heterocycles. The Morgan fingerprint density at radius 1 is 1.00 bits per heavy atom. The molecular weight excluding hydrogens is 318 g/mol. The molecule has 0 fully saturated rings. The first kappa shape index (κ1) is 23.5. The zero-order chi connectivity index (χ0) is 19.5. The zero-order valence-corrected chi connectivity index (χ0v) is 17.4. The lowest BCUT2D eigenvalue weighted by Gasteiger charge is -2.30. The van der Waals surface area contributed by atoms with Crippen molar-refractivity contribution in [1.29, 1.82) is 0 Å². The molecule has 0 saturated carbocycles. The molecule has 0 heterocycles. The summed E-state index contributed by atoms with van der Waals surface area (Å²) in [6, 6.07) is 1.10. The highest BCUT2D eigenvalue weighted by Gasteiger charge is 2.15. The summed E-state index contributed by atoms with van der Waals surface area (Å²) >= 11 is 0. The summed E-state index contributed by atoms with van der Waals surface area (Å²) in [5.74, 6) is 0.742. The predicted octanol–water partition coefficient (Wildman–Crippen LogP) is 2.18. The number of amides is 1. The third-order valence-corrected chi connectivity index (χ3v) is 3.52. The van der Waals surface area contributed by atoms with E-state index in [9.17, 15) is 4.79 Å². The smallest absolute Gasteiger partial charge is 0.407 e. The van der Waals surface area contributed by atoms with Gasteiger partial charge in [-0.25, -0.2) is 4.79 Å². The van der Waals surface area contributed by atoms with Gasteiger partial charge in [0.2, 0.25) is 0 Å². The standard InChI is InChI=1S/C18H39N5O2/c1-14(2)23(15(3)4)13-9-10-20-16(19-8)21-11-12-22-17(24)25-18(5,6)7/h14-15H,9-13H2,1-8H3,(H,22,24)(H2,19,20,21). The van der Waals surface area contributed by atoms with E-state index in [2.05, 4.69) is 53.5 Å². The van der Waals surface area contributed by atoms with E-state index in [1.165, 1.54) is 0 Å². The van der Waals surface area contributed by atoms with Gasteiger partial charge in [0.05, 0.1) is 0 Å². The third kappa shape index (κ3) is 12.5. The quantitative estimate of drug-likeness (QED) is 0.335. The minimum atomic E-state index is -0.477. The normalized spacial score (nSPS) is 12.7. The molecule has 0 aromatic rings. The summed E-state index contributed by atoms with van der Waals surface area (Å²) in [5, 5.41) is 9.19. The van der Waals surface area contributed by atoms with Gasteiger partial charge in [0.25, 0.3) is 0 Å². The van der Waals surface area contributed by atoms with Crippen LogP contribution in [0.3, 0.4) is 0 Å². The van der Waals surface area contributed by atoms with E-state index in [1.807, 2.05) is 20.8 Å². The summed E-state index contributed by atoms with van der Waals surface area (Å²) in [4.78, 5) is 18.2. The number of nitrogens with one attached hydrogen (secondary N) is 3. The average molecular weight is 358 g/mol. The Balaban J connectivity index is 3.92. The fourth-order valence-electron chi connectivity index (χ4n) is 2.46. The molecule has 0 aromatic heterocycles. The minimum Gasteiger partial charge on any atom is -0.444 e. The lowest BCUT2D eigenvalue weighted by Crippen LogP contribution is -2.43. The Kier molecular flexibility index (Phi) is 11.2. The number of hydrogen-bond donors (Lipinski definition) is 3. The monoisotopic (exact) mass is 357 g/mol. The number of aliphatic imine (C=N–C) groups is 1. The van der Waals surface area contributed by atoms with Crippen LogP contribution in [0.15, 0.2) is 4.99 Å². The molecule has 0 spiro atoms. The fourth-order valence-corrected chi connectivity index (χ4v) is 2.46. The number of carbonyl (C=O) groups excluding carboxylic acids is 1. The van der Waals surface area contributed by atoms with Crippen molar-refractivity contribution in [3.63, 3.8) is 0 Å². The van der Waals surface area contributed by atoms with Gasteiger partial charge in [-0.1, -0.05) is 0 Å². The average Bonchev–Trinajstić information content (AvgIpc) is 2.46. The van der Waals surface area contributed by atoms with Gasteiger partial charge in [-0.3, -0.25) is 9.89 Å². The van der Waals surface area contributed by atoms with E-state index in [4.69, 9.17) is 4.74 Å². The van der Waals surface area contributed by atoms with E-state index in [-0.39, 0.29) is 0 Å². The maximum Gasteiger partial charge on any atom is 0.407 e. The predicted molar refractivity (Wildman–Crippen MR) is 105 cm³/mol. The molecule has 25 heavy (non-hydrogen) atoms. The van der Waals surface area contributed by atoms with Crippen molar-refractivity contribution in [3.8, 4) is 0 Å². The number of carbonyl (C=O) groups is 1. The Bertz CT molecular complexity index is 395. The zero-order valence-electron chi connectivity index (χ0n) is 17.4. The Morgan fingerprint density at radius 3 is 2.00 bits per heavy atom. The second-order valence-corrected chi connectivity index (χ2v) is 7.63. The highest BCUT2D eigenvalue weighted by Crippen LogP contribution is 2.06. The molecule has 0 aliphatic carbocycles. The molecule has 7 nitrogen and oxygen atoms in total. The first-order chi connectivity index (χ1) is 11.6. The molecule has 7 heteroatoms. The highest BCUT2D eigenvalue weighted by atomic mass is 16.6. The van der Waals surface area contributed by atoms with Crippen molar-refractivity contribution < 1.29 is 9.53 Å². The van der Waals surface area contributed by atoms with Crippen LogP contribution >= 0.6 is 0 Å². The number of alkyl carbamates (subject to hydrolysis) is 1. The fraction of sp³-hybridized carbons (Fsp3) is 0.889. The largest absolute Gasteiger partial charge is 0.444 e. The Morgan fingerprint density at radius 2 is 1.52 bits per heavy atom. The molecule has 0 aliphatic heterocycles. The van der Waals surface area contributed by atoms with Gasteiger partial charge in [0.1, 0.15) is 5.60 Å². The van der Waals surface area contributed by atoms with Gasteiger partial charge in [-0.2, -0.15) is 0 Å². The molecule has 1 amide bonds. The van der Waals surface area contributed by atoms with Gasteiger partial charge >= 0.3 is 6.09 Å². The number of rotatable bonds is 9. The van der Waals surface area contributed by atoms with Crippen LogP contribution in [0.2, 0.25) is 0 Å². The number of hydrogen-bond acceptors (Lipinski definition) is 4. The van der Waals surface area contributed by atoms with E-state index in [0.717, 1.165) is 25.5 Å². The van der Waals surface area contributed by atoms with Gasteiger partial charge in [-0.05, 0) is 54.9 Å². The molecule has 0 aromatic carbocycles. The molecule has 0 rings (SSSR count). The molecule has 0 atom stereocenters. The van der Waals surface area contributed by atoms with Crippen LogP contribution in [-0.4, -0.2) is 67.9 Å². The van der Waals surface area contributed by atoms with E-state index < -0.39 is 11.7 Å². The maximum atomic E-state index is 11.5. The summed E-state index contributed by atoms with van der Waals surface area (Å²) < 4.78 is 5.18. The van der Waals surface area contributed by atoms with Crippen LogP contribution in [0.1, 0.15) is 54.9 Å². The second kappa shape index (κ2) is 12.0. The van der Waals surface area contributed by atoms with Crippen molar-refractivity contribution >= 4 is 12.1 Å². The number of ether oxygens (including phenoxy) is 1. The minimum absolute atomic E-state index is 0.403. The molecule has 0 unspecified atom stereocenters. The summed E-state index contributed by atoms with van der Waals surface area (Å²) in [6.07, 6.45) is 0.646. The SMILES string of the molecule is CN=C(NCCCN(C(C)C)C(C)C)NCCNC(=O)OC(C)(C)C. The van der Waals surface area contributed by atoms with Crippen LogP contribution in [0.4, 0.5) is 4.79 Å². The molecule has 148 valence electrons. The summed E-state index contributed by atoms with van der Waals surface area (Å²) in [5.41, 5.74) is -0.477. The van der Waals surface area contributed by atoms with Gasteiger partial charge in [-0.15, -0.1) is 0 Å². The Hall–Kier alpha value is -1.50. The van der Waals surface area contributed by atoms with Crippen molar-refractivity contribution in [2.24, 2.45) is 4.99 Å². The third-order valence-electron chi connectivity index (χ3n) is 3.52. The van der Waals surface area contributed by atoms with Gasteiger partial charge in [0.15, 0.2) is 5.96 Å². The van der Waals surface area contributed by atoms with Crippen LogP contribution in [0, 0.1) is 0 Å². The van der Waals surface area contributed by atoms with E-state index >= 15 is 0 Å². The highest BCUT2D eigenvalue weighted by molar-refractivity contribution is 5.79. The van der Waals surface area contributed by atoms with Gasteiger partial charge in [0, 0.05) is 45.3 Å². The van der Waals surface area contributed by atoms with Crippen LogP contribution in [0.25, 0.3) is 0 Å². The molecule has 0 radical (unpaired) electrons. The van der Waals surface area contributed by atoms with Crippen molar-refractivity contribution in [3.05, 3.63) is 0 Å². The first-order valence-electron chi connectivity index (χ1n) is 9.24. The van der Waals surface area contributed by atoms with Crippen molar-refractivity contribution in [2.45, 2.75) is 72.6 Å². The summed E-state index contributed by atoms with van der Waals surface area (Å²) in [7, 11) is 1.74. The summed E-state index contributed by atoms with van der Waals surface area (Å²) in [6.45, 7) is 17.4. The second-order valence-electron chi connectivity index (χ2n) is 7.63. The van der Waals surface area contributed by atoms with Crippen molar-refractivity contribution in [1.82, 2.24) is 20.9 Å². The van der Waals surface area contributed by atoms with E-state index in [0.29, 0.717) is 25.2 Å². The first-order valence-corrected chi connectivity index (χ1v) is 9.24. The molecule has 3 N–H and O–H groups in total. The molecule has 0 aliphatic rings. The van der Waals surface area contributed by atoms with Crippen molar-refractivity contribution in [2.75, 3.05) is 33.2 Å². The topological polar surface area (TPSA) is 78.0 Å². The van der Waals surface area contributed by atoms with Gasteiger partial charge < -0.3 is 20.7 Å². The maximum absolute atomic E-state index is 11.5. The Labute approximate surface area is 154 Å². The van der Waals surface area contributed by atoms with Crippen LogP contribution < -0.4 is 16.0 Å². The lowest BCUT2D eigenvalue weighted by atomic mass is 10.2. The van der Waals surface area contributed by atoms with E-state index in [1.54, 1.807) is 7.05 Å². The van der Waals surface area contributed by atoms with Crippen LogP contribution in [0.5, 0.6) is 0 Å². The molecule has 0 bridgehead atoms. The van der Waals surface area contributed by atoms with Crippen LogP contribution in [-0.2, 0) is 4.74 Å². The molecular formula is C18H39N5O2. The number of nitrogens with zero attached hydrogens (tertiary/aromatic N) is 2.